The van der Waals surface area contributed by atoms with Crippen molar-refractivity contribution in [2.75, 3.05) is 0 Å². The minimum absolute atomic E-state index is 0.0248. The van der Waals surface area contributed by atoms with Gasteiger partial charge >= 0.3 is 0 Å². The Hall–Kier alpha value is -3.44. The van der Waals surface area contributed by atoms with Crippen molar-refractivity contribution in [1.29, 1.82) is 5.26 Å². The fraction of sp³-hybridized carbons (Fsp3) is 0.0588. The smallest absolute Gasteiger partial charge is 0.270 e. The van der Waals surface area contributed by atoms with E-state index in [4.69, 9.17) is 9.68 Å². The Bertz CT molecular complexity index is 1180. The molecule has 0 N–H and O–H groups in total. The Kier molecular flexibility index (Phi) is 4.33. The number of aromatic nitrogens is 1. The second kappa shape index (κ2) is 6.59. The van der Waals surface area contributed by atoms with Gasteiger partial charge in [-0.3, -0.25) is 14.9 Å². The summed E-state index contributed by atoms with van der Waals surface area (Å²) in [5.74, 6) is 0.913. The summed E-state index contributed by atoms with van der Waals surface area (Å²) in [6, 6.07) is 11.4. The average Bonchev–Trinajstić information content (AvgIpc) is 3.17. The molecule has 7 nitrogen and oxygen atoms in total. The Morgan fingerprint density at radius 2 is 2.16 bits per heavy atom. The van der Waals surface area contributed by atoms with E-state index in [1.165, 1.54) is 34.1 Å². The first-order valence-electron chi connectivity index (χ1n) is 7.11. The van der Waals surface area contributed by atoms with E-state index in [2.05, 4.69) is 0 Å². The number of nitrogens with zero attached hydrogens (tertiary/aromatic N) is 3. The fourth-order valence-electron chi connectivity index (χ4n) is 2.25. The molecule has 2 heterocycles. The largest absolute Gasteiger partial charge is 0.457 e. The van der Waals surface area contributed by atoms with E-state index in [-0.39, 0.29) is 11.2 Å². The molecular weight excluding hydrogens is 342 g/mol. The Balaban J connectivity index is 2.04. The van der Waals surface area contributed by atoms with Gasteiger partial charge in [0.15, 0.2) is 0 Å². The highest BCUT2D eigenvalue weighted by Gasteiger charge is 2.10. The van der Waals surface area contributed by atoms with Crippen LogP contribution < -0.4 is 14.8 Å². The lowest BCUT2D eigenvalue weighted by atomic mass is 10.1. The van der Waals surface area contributed by atoms with Crippen LogP contribution in [0.5, 0.6) is 0 Å². The van der Waals surface area contributed by atoms with E-state index >= 15 is 0 Å². The van der Waals surface area contributed by atoms with Gasteiger partial charge in [-0.05, 0) is 12.1 Å². The van der Waals surface area contributed by atoms with Crippen molar-refractivity contribution in [3.05, 3.63) is 71.8 Å². The zero-order chi connectivity index (χ0) is 18.0. The highest BCUT2D eigenvalue weighted by Crippen LogP contribution is 2.25. The summed E-state index contributed by atoms with van der Waals surface area (Å²) in [5, 5.41) is 19.6. The van der Waals surface area contributed by atoms with Crippen molar-refractivity contribution < 1.29 is 9.34 Å². The minimum Gasteiger partial charge on any atom is -0.457 e. The molecule has 0 spiro atoms. The molecule has 25 heavy (non-hydrogen) atoms. The van der Waals surface area contributed by atoms with Gasteiger partial charge in [-0.2, -0.15) is 5.26 Å². The number of hydrogen-bond donors (Lipinski definition) is 0. The summed E-state index contributed by atoms with van der Waals surface area (Å²) in [6.07, 6.45) is 2.89. The van der Waals surface area contributed by atoms with Crippen LogP contribution in [0.4, 0.5) is 5.69 Å². The number of nitriles is 1. The van der Waals surface area contributed by atoms with Crippen molar-refractivity contribution in [3.63, 3.8) is 0 Å². The number of nitro groups is 1. The normalized spacial score (nSPS) is 12.3. The van der Waals surface area contributed by atoms with Gasteiger partial charge in [0.1, 0.15) is 16.2 Å². The van der Waals surface area contributed by atoms with Gasteiger partial charge in [0.25, 0.3) is 11.2 Å². The molecule has 0 unspecified atom stereocenters. The van der Waals surface area contributed by atoms with E-state index in [0.717, 1.165) is 0 Å². The molecule has 0 bridgehead atoms. The molecule has 3 aromatic rings. The molecule has 0 radical (unpaired) electrons. The first kappa shape index (κ1) is 16.4. The minimum atomic E-state index is -0.470. The van der Waals surface area contributed by atoms with Gasteiger partial charge in [0, 0.05) is 36.9 Å². The van der Waals surface area contributed by atoms with Crippen LogP contribution >= 0.6 is 11.3 Å². The Labute approximate surface area is 145 Å². The van der Waals surface area contributed by atoms with Crippen LogP contribution in [-0.4, -0.2) is 9.49 Å². The van der Waals surface area contributed by atoms with Gasteiger partial charge in [-0.1, -0.05) is 12.1 Å². The third-order valence-corrected chi connectivity index (χ3v) is 4.60. The monoisotopic (exact) mass is 353 g/mol. The standard InChI is InChI=1S/C17H11N3O4S/c1-19-16(7-8-18)25-15(17(19)21)10-13-5-6-14(24-13)11-3-2-4-12(9-11)20(22)23/h2-7,9-10H,1H3/b15-10+,16-7-. The van der Waals surface area contributed by atoms with Crippen LogP contribution in [0.3, 0.4) is 0 Å². The van der Waals surface area contributed by atoms with E-state index in [9.17, 15) is 14.9 Å². The van der Waals surface area contributed by atoms with Crippen LogP contribution in [0, 0.1) is 21.4 Å². The van der Waals surface area contributed by atoms with E-state index < -0.39 is 4.92 Å². The molecule has 1 aromatic carbocycles. The molecule has 8 heteroatoms. The first-order chi connectivity index (χ1) is 12.0. The average molecular weight is 353 g/mol. The molecule has 0 saturated heterocycles. The van der Waals surface area contributed by atoms with Gasteiger partial charge in [-0.15, -0.1) is 11.3 Å². The number of benzene rings is 1. The van der Waals surface area contributed by atoms with Crippen LogP contribution in [0.25, 0.3) is 23.5 Å². The van der Waals surface area contributed by atoms with E-state index in [0.29, 0.717) is 26.3 Å². The molecule has 0 aliphatic rings. The van der Waals surface area contributed by atoms with Gasteiger partial charge < -0.3 is 8.98 Å². The highest BCUT2D eigenvalue weighted by atomic mass is 32.1. The molecule has 0 atom stereocenters. The Morgan fingerprint density at radius 1 is 1.36 bits per heavy atom. The summed E-state index contributed by atoms with van der Waals surface area (Å²) in [6.45, 7) is 0. The summed E-state index contributed by atoms with van der Waals surface area (Å²) < 4.78 is 8.05. The zero-order valence-electron chi connectivity index (χ0n) is 13.0. The predicted molar refractivity (Wildman–Crippen MR) is 93.3 cm³/mol. The van der Waals surface area contributed by atoms with Crippen LogP contribution in [0.1, 0.15) is 5.76 Å². The predicted octanol–water partition coefficient (Wildman–Crippen LogP) is 1.75. The summed E-state index contributed by atoms with van der Waals surface area (Å²) in [7, 11) is 1.59. The molecule has 0 fully saturated rings. The van der Waals surface area contributed by atoms with Crippen molar-refractivity contribution in [2.24, 2.45) is 7.05 Å². The first-order valence-corrected chi connectivity index (χ1v) is 7.93. The maximum Gasteiger partial charge on any atom is 0.270 e. The lowest BCUT2D eigenvalue weighted by Crippen LogP contribution is -2.28. The van der Waals surface area contributed by atoms with Crippen LogP contribution in [0.2, 0.25) is 0 Å². The molecule has 0 amide bonds. The van der Waals surface area contributed by atoms with Gasteiger partial charge in [-0.25, -0.2) is 0 Å². The third kappa shape index (κ3) is 3.27. The third-order valence-electron chi connectivity index (χ3n) is 3.49. The van der Waals surface area contributed by atoms with Crippen LogP contribution in [0.15, 0.2) is 45.6 Å². The van der Waals surface area contributed by atoms with Crippen molar-refractivity contribution in [3.8, 4) is 17.4 Å². The lowest BCUT2D eigenvalue weighted by Gasteiger charge is -1.96. The molecular formula is C17H11N3O4S. The molecule has 3 rings (SSSR count). The topological polar surface area (TPSA) is 102 Å². The number of hydrogen-bond acceptors (Lipinski definition) is 6. The maximum absolute atomic E-state index is 12.2. The van der Waals surface area contributed by atoms with Crippen molar-refractivity contribution >= 4 is 29.2 Å². The second-order valence-electron chi connectivity index (χ2n) is 5.10. The molecule has 124 valence electrons. The summed E-state index contributed by atoms with van der Waals surface area (Å²) in [4.78, 5) is 22.6. The summed E-state index contributed by atoms with van der Waals surface area (Å²) >= 11 is 1.18. The zero-order valence-corrected chi connectivity index (χ0v) is 13.8. The molecule has 0 aliphatic carbocycles. The molecule has 2 aromatic heterocycles. The van der Waals surface area contributed by atoms with Crippen molar-refractivity contribution in [2.45, 2.75) is 0 Å². The van der Waals surface area contributed by atoms with Gasteiger partial charge in [0.2, 0.25) is 0 Å². The SMILES string of the molecule is Cn1c(=O)/c(=C\c2ccc(-c3cccc([N+](=O)[O-])c3)o2)s/c1=C\C#N. The lowest BCUT2D eigenvalue weighted by molar-refractivity contribution is -0.384. The Morgan fingerprint density at radius 3 is 2.88 bits per heavy atom. The van der Waals surface area contributed by atoms with E-state index in [1.807, 2.05) is 6.07 Å². The highest BCUT2D eigenvalue weighted by molar-refractivity contribution is 7.07. The summed E-state index contributed by atoms with van der Waals surface area (Å²) in [5.41, 5.74) is 0.328. The number of non-ortho nitro benzene ring substituents is 1. The number of rotatable bonds is 3. The maximum atomic E-state index is 12.2. The quantitative estimate of drug-likeness (QED) is 0.527. The number of nitro benzene ring substituents is 1. The van der Waals surface area contributed by atoms with Crippen LogP contribution in [-0.2, 0) is 7.05 Å². The number of thiazole rings is 1. The van der Waals surface area contributed by atoms with Gasteiger partial charge in [0.05, 0.1) is 15.5 Å². The molecule has 0 saturated carbocycles. The second-order valence-corrected chi connectivity index (χ2v) is 6.16. The van der Waals surface area contributed by atoms with E-state index in [1.54, 1.807) is 37.4 Å². The fourth-order valence-corrected chi connectivity index (χ4v) is 3.21. The number of furan rings is 1. The molecule has 0 aliphatic heterocycles. The van der Waals surface area contributed by atoms with Crippen molar-refractivity contribution in [1.82, 2.24) is 4.57 Å².